The zero-order valence-corrected chi connectivity index (χ0v) is 19.0. The molecule has 3 N–H and O–H groups in total. The predicted octanol–water partition coefficient (Wildman–Crippen LogP) is 4.30. The van der Waals surface area contributed by atoms with Gasteiger partial charge in [0.05, 0.1) is 13.0 Å². The first kappa shape index (κ1) is 23.1. The topological polar surface area (TPSA) is 118 Å². The predicted molar refractivity (Wildman–Crippen MR) is 124 cm³/mol. The Labute approximate surface area is 196 Å². The molecule has 0 fully saturated rings. The summed E-state index contributed by atoms with van der Waals surface area (Å²) in [6.45, 7) is 3.47. The molecule has 2 aromatic carbocycles. The van der Waals surface area contributed by atoms with Crippen molar-refractivity contribution < 1.29 is 28.6 Å². The molecular weight excluding hydrogens is 436 g/mol. The molecule has 0 radical (unpaired) electrons. The fourth-order valence-corrected chi connectivity index (χ4v) is 4.19. The van der Waals surface area contributed by atoms with Gasteiger partial charge in [0.2, 0.25) is 0 Å². The van der Waals surface area contributed by atoms with E-state index in [1.807, 2.05) is 24.3 Å². The lowest BCUT2D eigenvalue weighted by Crippen LogP contribution is -2.44. The van der Waals surface area contributed by atoms with Crippen LogP contribution in [-0.2, 0) is 16.1 Å². The van der Waals surface area contributed by atoms with Crippen LogP contribution < -0.4 is 10.6 Å². The molecule has 2 amide bonds. The summed E-state index contributed by atoms with van der Waals surface area (Å²) in [7, 11) is 0. The highest BCUT2D eigenvalue weighted by Gasteiger charge is 2.29. The molecule has 1 aliphatic carbocycles. The zero-order chi connectivity index (χ0) is 24.3. The summed E-state index contributed by atoms with van der Waals surface area (Å²) in [5, 5.41) is 14.2. The second kappa shape index (κ2) is 9.43. The van der Waals surface area contributed by atoms with E-state index < -0.39 is 23.5 Å². The van der Waals surface area contributed by atoms with Gasteiger partial charge < -0.3 is 24.9 Å². The Kier molecular flexibility index (Phi) is 6.40. The molecule has 3 aromatic rings. The molecule has 8 heteroatoms. The second-order valence-corrected chi connectivity index (χ2v) is 8.85. The van der Waals surface area contributed by atoms with E-state index in [0.29, 0.717) is 5.76 Å². The first-order valence-corrected chi connectivity index (χ1v) is 11.0. The van der Waals surface area contributed by atoms with Gasteiger partial charge in [0.1, 0.15) is 12.4 Å². The number of hydrogen-bond acceptors (Lipinski definition) is 5. The lowest BCUT2D eigenvalue weighted by molar-refractivity contribution is -0.138. The van der Waals surface area contributed by atoms with Crippen molar-refractivity contribution in [3.63, 3.8) is 0 Å². The van der Waals surface area contributed by atoms with Gasteiger partial charge in [0, 0.05) is 11.5 Å². The maximum Gasteiger partial charge on any atom is 0.407 e. The number of ether oxygens (including phenoxy) is 1. The summed E-state index contributed by atoms with van der Waals surface area (Å²) in [5.74, 6) is -1.18. The largest absolute Gasteiger partial charge is 0.481 e. The average molecular weight is 463 g/mol. The Morgan fingerprint density at radius 1 is 0.971 bits per heavy atom. The van der Waals surface area contributed by atoms with Crippen LogP contribution in [0.5, 0.6) is 0 Å². The first-order chi connectivity index (χ1) is 16.2. The molecule has 176 valence electrons. The first-order valence-electron chi connectivity index (χ1n) is 11.0. The van der Waals surface area contributed by atoms with Crippen molar-refractivity contribution in [1.29, 1.82) is 0 Å². The fraction of sp³-hybridized carbons (Fsp3) is 0.269. The SMILES string of the molecule is CC(C)(CC(=O)O)NC(=O)c1ccc(CNC(=O)OCC2c3ccccc3-c3ccccc32)o1. The van der Waals surface area contributed by atoms with Gasteiger partial charge >= 0.3 is 12.1 Å². The zero-order valence-electron chi connectivity index (χ0n) is 19.0. The average Bonchev–Trinajstić information content (AvgIpc) is 3.38. The summed E-state index contributed by atoms with van der Waals surface area (Å²) < 4.78 is 11.0. The smallest absolute Gasteiger partial charge is 0.407 e. The van der Waals surface area contributed by atoms with E-state index in [0.717, 1.165) is 22.3 Å². The van der Waals surface area contributed by atoms with Gasteiger partial charge in [-0.15, -0.1) is 0 Å². The summed E-state index contributed by atoms with van der Waals surface area (Å²) in [6, 6.07) is 19.2. The number of amides is 2. The Morgan fingerprint density at radius 3 is 2.21 bits per heavy atom. The van der Waals surface area contributed by atoms with Crippen LogP contribution in [0.1, 0.15) is 53.6 Å². The number of aliphatic carboxylic acids is 1. The maximum absolute atomic E-state index is 12.3. The van der Waals surface area contributed by atoms with Crippen molar-refractivity contribution in [2.24, 2.45) is 0 Å². The monoisotopic (exact) mass is 462 g/mol. The van der Waals surface area contributed by atoms with E-state index >= 15 is 0 Å². The summed E-state index contributed by atoms with van der Waals surface area (Å²) in [5.41, 5.74) is 3.63. The molecule has 0 saturated heterocycles. The van der Waals surface area contributed by atoms with Gasteiger partial charge in [-0.3, -0.25) is 9.59 Å². The number of carbonyl (C=O) groups is 3. The van der Waals surface area contributed by atoms with Crippen LogP contribution >= 0.6 is 0 Å². The molecule has 4 rings (SSSR count). The Hall–Kier alpha value is -4.07. The van der Waals surface area contributed by atoms with E-state index in [1.54, 1.807) is 19.9 Å². The quantitative estimate of drug-likeness (QED) is 0.459. The Balaban J connectivity index is 1.31. The molecule has 8 nitrogen and oxygen atoms in total. The number of benzene rings is 2. The van der Waals surface area contributed by atoms with E-state index in [-0.39, 0.29) is 31.3 Å². The van der Waals surface area contributed by atoms with Crippen LogP contribution in [0.25, 0.3) is 11.1 Å². The number of carboxylic acids is 1. The summed E-state index contributed by atoms with van der Waals surface area (Å²) in [6.07, 6.45) is -0.817. The Morgan fingerprint density at radius 2 is 1.59 bits per heavy atom. The highest BCUT2D eigenvalue weighted by molar-refractivity contribution is 5.92. The molecule has 1 heterocycles. The van der Waals surface area contributed by atoms with Gasteiger partial charge in [-0.25, -0.2) is 4.79 Å². The van der Waals surface area contributed by atoms with Crippen LogP contribution in [0, 0.1) is 0 Å². The molecule has 1 aliphatic rings. The highest BCUT2D eigenvalue weighted by Crippen LogP contribution is 2.44. The number of fused-ring (bicyclic) bond motifs is 3. The van der Waals surface area contributed by atoms with Gasteiger partial charge in [-0.2, -0.15) is 0 Å². The normalized spacial score (nSPS) is 12.5. The van der Waals surface area contributed by atoms with E-state index in [2.05, 4.69) is 34.9 Å². The molecule has 0 saturated carbocycles. The molecule has 0 spiro atoms. The standard InChI is InChI=1S/C26H26N2O6/c1-26(2,13-23(29)30)28-24(31)22-12-11-16(34-22)14-27-25(32)33-15-21-19-9-5-3-7-17(19)18-8-4-6-10-20(18)21/h3-12,21H,13-15H2,1-2H3,(H,27,32)(H,28,31)(H,29,30). The minimum atomic E-state index is -1.02. The van der Waals surface area contributed by atoms with Gasteiger partial charge in [-0.05, 0) is 48.2 Å². The summed E-state index contributed by atoms with van der Waals surface area (Å²) >= 11 is 0. The lowest BCUT2D eigenvalue weighted by Gasteiger charge is -2.23. The van der Waals surface area contributed by atoms with Crippen molar-refractivity contribution in [2.75, 3.05) is 6.61 Å². The molecule has 0 unspecified atom stereocenters. The number of alkyl carbamates (subject to hydrolysis) is 1. The molecule has 1 aromatic heterocycles. The molecule has 0 aliphatic heterocycles. The molecule has 0 atom stereocenters. The molecule has 34 heavy (non-hydrogen) atoms. The molecule has 0 bridgehead atoms. The van der Waals surface area contributed by atoms with Gasteiger partial charge in [-0.1, -0.05) is 48.5 Å². The number of nitrogens with one attached hydrogen (secondary N) is 2. The number of hydrogen-bond donors (Lipinski definition) is 3. The fourth-order valence-electron chi connectivity index (χ4n) is 4.19. The third-order valence-electron chi connectivity index (χ3n) is 5.68. The number of rotatable bonds is 8. The van der Waals surface area contributed by atoms with E-state index in [9.17, 15) is 14.4 Å². The van der Waals surface area contributed by atoms with E-state index in [4.69, 9.17) is 14.3 Å². The van der Waals surface area contributed by atoms with Gasteiger partial charge in [0.25, 0.3) is 5.91 Å². The lowest BCUT2D eigenvalue weighted by atomic mass is 9.98. The minimum absolute atomic E-state index is 0.0304. The number of furan rings is 1. The third-order valence-corrected chi connectivity index (χ3v) is 5.68. The van der Waals surface area contributed by atoms with Crippen LogP contribution in [0.4, 0.5) is 4.79 Å². The minimum Gasteiger partial charge on any atom is -0.481 e. The highest BCUT2D eigenvalue weighted by atomic mass is 16.5. The Bertz CT molecular complexity index is 1180. The number of carbonyl (C=O) groups excluding carboxylic acids is 2. The third kappa shape index (κ3) is 5.11. The van der Waals surface area contributed by atoms with Crippen molar-refractivity contribution in [2.45, 2.75) is 38.3 Å². The van der Waals surface area contributed by atoms with Crippen molar-refractivity contribution in [3.05, 3.63) is 83.3 Å². The van der Waals surface area contributed by atoms with Gasteiger partial charge in [0.15, 0.2) is 5.76 Å². The van der Waals surface area contributed by atoms with Crippen LogP contribution in [0.3, 0.4) is 0 Å². The van der Waals surface area contributed by atoms with Crippen molar-refractivity contribution in [1.82, 2.24) is 10.6 Å². The van der Waals surface area contributed by atoms with E-state index in [1.165, 1.54) is 6.07 Å². The van der Waals surface area contributed by atoms with Crippen LogP contribution in [0.15, 0.2) is 65.1 Å². The van der Waals surface area contributed by atoms with Crippen molar-refractivity contribution >= 4 is 18.0 Å². The number of carboxylic acid groups (broad SMARTS) is 1. The maximum atomic E-state index is 12.3. The molecular formula is C26H26N2O6. The van der Waals surface area contributed by atoms with Crippen LogP contribution in [0.2, 0.25) is 0 Å². The summed E-state index contributed by atoms with van der Waals surface area (Å²) in [4.78, 5) is 35.6. The van der Waals surface area contributed by atoms with Crippen LogP contribution in [-0.4, -0.2) is 35.2 Å². The second-order valence-electron chi connectivity index (χ2n) is 8.85. The van der Waals surface area contributed by atoms with Crippen molar-refractivity contribution in [3.8, 4) is 11.1 Å².